The Morgan fingerprint density at radius 2 is 2.09 bits per heavy atom. The van der Waals surface area contributed by atoms with E-state index >= 15 is 0 Å². The lowest BCUT2D eigenvalue weighted by molar-refractivity contribution is -0.121. The minimum absolute atomic E-state index is 0.492. The van der Waals surface area contributed by atoms with Crippen LogP contribution in [0.15, 0.2) is 0 Å². The molecule has 1 saturated heterocycles. The van der Waals surface area contributed by atoms with Crippen molar-refractivity contribution in [2.75, 3.05) is 26.3 Å². The second-order valence-corrected chi connectivity index (χ2v) is 2.80. The summed E-state index contributed by atoms with van der Waals surface area (Å²) in [6.45, 7) is 2.60. The van der Waals surface area contributed by atoms with Crippen molar-refractivity contribution in [1.29, 1.82) is 0 Å². The smallest absolute Gasteiger partial charge is 0.250 e. The van der Waals surface area contributed by atoms with Crippen LogP contribution in [0.5, 0.6) is 0 Å². The summed E-state index contributed by atoms with van der Waals surface area (Å²) in [4.78, 5) is 12.4. The molecule has 5 heteroatoms. The van der Waals surface area contributed by atoms with Gasteiger partial charge in [0.15, 0.2) is 5.50 Å². The van der Waals surface area contributed by atoms with Crippen molar-refractivity contribution in [2.45, 2.75) is 5.50 Å². The minimum atomic E-state index is -0.682. The number of hydrogen-bond acceptors (Lipinski definition) is 3. The van der Waals surface area contributed by atoms with Gasteiger partial charge in [-0.2, -0.15) is 0 Å². The van der Waals surface area contributed by atoms with E-state index in [2.05, 4.69) is 0 Å². The van der Waals surface area contributed by atoms with E-state index in [4.69, 9.17) is 22.1 Å². The molecule has 1 rings (SSSR count). The summed E-state index contributed by atoms with van der Waals surface area (Å²) in [7, 11) is 0. The molecule has 1 heterocycles. The molecule has 1 amide bonds. The molecule has 1 atom stereocenters. The molecule has 0 aromatic rings. The summed E-state index contributed by atoms with van der Waals surface area (Å²) >= 11 is 5.69. The summed E-state index contributed by atoms with van der Waals surface area (Å²) in [6.07, 6.45) is 0. The molecule has 1 aliphatic heterocycles. The lowest BCUT2D eigenvalue weighted by atomic mass is 10.4. The van der Waals surface area contributed by atoms with Crippen LogP contribution in [-0.2, 0) is 9.53 Å². The standard InChI is InChI=1S/C6H11ClN2O2/c7-5(6(8)10)9-1-3-11-4-2-9/h5H,1-4H2,(H2,8,10). The van der Waals surface area contributed by atoms with Gasteiger partial charge in [-0.25, -0.2) is 0 Å². The van der Waals surface area contributed by atoms with Crippen molar-refractivity contribution >= 4 is 17.5 Å². The topological polar surface area (TPSA) is 55.6 Å². The van der Waals surface area contributed by atoms with Gasteiger partial charge in [-0.05, 0) is 0 Å². The van der Waals surface area contributed by atoms with Crippen molar-refractivity contribution in [3.8, 4) is 0 Å². The number of carbonyl (C=O) groups is 1. The maximum absolute atomic E-state index is 10.6. The molecule has 0 saturated carbocycles. The van der Waals surface area contributed by atoms with Gasteiger partial charge in [0.25, 0.3) is 0 Å². The van der Waals surface area contributed by atoms with E-state index in [0.29, 0.717) is 26.3 Å². The summed E-state index contributed by atoms with van der Waals surface area (Å²) in [6, 6.07) is 0. The van der Waals surface area contributed by atoms with Crippen LogP contribution in [0.2, 0.25) is 0 Å². The molecule has 0 aromatic carbocycles. The molecule has 1 aliphatic rings. The van der Waals surface area contributed by atoms with Gasteiger partial charge in [0.2, 0.25) is 5.91 Å². The quantitative estimate of drug-likeness (QED) is 0.453. The fourth-order valence-corrected chi connectivity index (χ4v) is 1.18. The molecular weight excluding hydrogens is 168 g/mol. The highest BCUT2D eigenvalue weighted by molar-refractivity contribution is 6.30. The first-order chi connectivity index (χ1) is 5.22. The molecule has 0 spiro atoms. The lowest BCUT2D eigenvalue weighted by Crippen LogP contribution is -2.46. The number of morpholine rings is 1. The molecular formula is C6H11ClN2O2. The average molecular weight is 179 g/mol. The Morgan fingerprint density at radius 3 is 2.55 bits per heavy atom. The number of carbonyl (C=O) groups excluding carboxylic acids is 1. The van der Waals surface area contributed by atoms with Crippen molar-refractivity contribution in [1.82, 2.24) is 4.90 Å². The van der Waals surface area contributed by atoms with Crippen LogP contribution < -0.4 is 5.73 Å². The Morgan fingerprint density at radius 1 is 1.55 bits per heavy atom. The van der Waals surface area contributed by atoms with E-state index in [-0.39, 0.29) is 0 Å². The first kappa shape index (κ1) is 8.77. The lowest BCUT2D eigenvalue weighted by Gasteiger charge is -2.28. The monoisotopic (exact) mass is 178 g/mol. The fraction of sp³-hybridized carbons (Fsp3) is 0.833. The molecule has 0 radical (unpaired) electrons. The zero-order valence-electron chi connectivity index (χ0n) is 6.12. The van der Waals surface area contributed by atoms with Crippen LogP contribution in [0.3, 0.4) is 0 Å². The Bertz CT molecular complexity index is 148. The molecule has 0 aromatic heterocycles. The van der Waals surface area contributed by atoms with E-state index in [1.165, 1.54) is 0 Å². The van der Waals surface area contributed by atoms with Crippen LogP contribution in [-0.4, -0.2) is 42.6 Å². The highest BCUT2D eigenvalue weighted by atomic mass is 35.5. The minimum Gasteiger partial charge on any atom is -0.379 e. The predicted molar refractivity (Wildman–Crippen MR) is 41.2 cm³/mol. The van der Waals surface area contributed by atoms with Crippen LogP contribution >= 0.6 is 11.6 Å². The predicted octanol–water partition coefficient (Wildman–Crippen LogP) is -0.631. The van der Waals surface area contributed by atoms with Gasteiger partial charge in [0.05, 0.1) is 13.2 Å². The third-order valence-electron chi connectivity index (χ3n) is 1.60. The van der Waals surface area contributed by atoms with Gasteiger partial charge >= 0.3 is 0 Å². The van der Waals surface area contributed by atoms with Gasteiger partial charge in [-0.15, -0.1) is 0 Å². The van der Waals surface area contributed by atoms with E-state index in [1.807, 2.05) is 0 Å². The van der Waals surface area contributed by atoms with Gasteiger partial charge < -0.3 is 10.5 Å². The first-order valence-corrected chi connectivity index (χ1v) is 3.90. The van der Waals surface area contributed by atoms with Crippen LogP contribution in [0.25, 0.3) is 0 Å². The number of alkyl halides is 1. The molecule has 11 heavy (non-hydrogen) atoms. The Balaban J connectivity index is 2.38. The number of amides is 1. The van der Waals surface area contributed by atoms with E-state index in [1.54, 1.807) is 4.90 Å². The number of hydrogen-bond donors (Lipinski definition) is 1. The number of nitrogens with zero attached hydrogens (tertiary/aromatic N) is 1. The molecule has 0 bridgehead atoms. The van der Waals surface area contributed by atoms with Crippen molar-refractivity contribution in [3.05, 3.63) is 0 Å². The van der Waals surface area contributed by atoms with Crippen molar-refractivity contribution in [2.24, 2.45) is 5.73 Å². The van der Waals surface area contributed by atoms with Crippen molar-refractivity contribution < 1.29 is 9.53 Å². The van der Waals surface area contributed by atoms with Gasteiger partial charge in [0, 0.05) is 13.1 Å². The summed E-state index contributed by atoms with van der Waals surface area (Å²) < 4.78 is 5.08. The van der Waals surface area contributed by atoms with E-state index < -0.39 is 11.4 Å². The van der Waals surface area contributed by atoms with Crippen LogP contribution in [0.1, 0.15) is 0 Å². The molecule has 4 nitrogen and oxygen atoms in total. The van der Waals surface area contributed by atoms with Crippen LogP contribution in [0, 0.1) is 0 Å². The third kappa shape index (κ3) is 2.32. The summed E-state index contributed by atoms with van der Waals surface area (Å²) in [5.74, 6) is -0.492. The number of nitrogens with two attached hydrogens (primary N) is 1. The molecule has 0 aliphatic carbocycles. The Kier molecular flexibility index (Phi) is 3.11. The zero-order chi connectivity index (χ0) is 8.27. The number of primary amides is 1. The largest absolute Gasteiger partial charge is 0.379 e. The Labute approximate surface area is 70.2 Å². The average Bonchev–Trinajstić information content (AvgIpc) is 2.05. The van der Waals surface area contributed by atoms with Crippen LogP contribution in [0.4, 0.5) is 0 Å². The highest BCUT2D eigenvalue weighted by Gasteiger charge is 2.22. The highest BCUT2D eigenvalue weighted by Crippen LogP contribution is 2.06. The molecule has 64 valence electrons. The van der Waals surface area contributed by atoms with E-state index in [9.17, 15) is 4.79 Å². The molecule has 2 N–H and O–H groups in total. The second kappa shape index (κ2) is 3.90. The normalized spacial score (nSPS) is 23.0. The van der Waals surface area contributed by atoms with Crippen molar-refractivity contribution in [3.63, 3.8) is 0 Å². The fourth-order valence-electron chi connectivity index (χ4n) is 0.984. The van der Waals surface area contributed by atoms with E-state index in [0.717, 1.165) is 0 Å². The zero-order valence-corrected chi connectivity index (χ0v) is 6.88. The molecule has 1 fully saturated rings. The first-order valence-electron chi connectivity index (χ1n) is 3.47. The number of halogens is 1. The second-order valence-electron chi connectivity index (χ2n) is 2.39. The molecule has 1 unspecified atom stereocenters. The maximum atomic E-state index is 10.6. The number of rotatable bonds is 2. The van der Waals surface area contributed by atoms with Gasteiger partial charge in [0.1, 0.15) is 0 Å². The Hall–Kier alpha value is -0.320. The maximum Gasteiger partial charge on any atom is 0.250 e. The summed E-state index contributed by atoms with van der Waals surface area (Å²) in [5.41, 5.74) is 4.33. The third-order valence-corrected chi connectivity index (χ3v) is 2.09. The van der Waals surface area contributed by atoms with Gasteiger partial charge in [-0.1, -0.05) is 11.6 Å². The summed E-state index contributed by atoms with van der Waals surface area (Å²) in [5, 5.41) is 0. The van der Waals surface area contributed by atoms with Gasteiger partial charge in [-0.3, -0.25) is 9.69 Å². The number of ether oxygens (including phenoxy) is 1. The SMILES string of the molecule is NC(=O)C(Cl)N1CCOCC1.